The molecule has 0 spiro atoms. The molecule has 1 aliphatic heterocycles. The van der Waals surface area contributed by atoms with Crippen molar-refractivity contribution >= 4 is 17.4 Å². The topological polar surface area (TPSA) is 72.3 Å². The predicted octanol–water partition coefficient (Wildman–Crippen LogP) is 1.85. The fraction of sp³-hybridized carbons (Fsp3) is 0.278. The quantitative estimate of drug-likeness (QED) is 0.920. The third kappa shape index (κ3) is 4.52. The molecule has 0 bridgehead atoms. The van der Waals surface area contributed by atoms with E-state index in [1.807, 2.05) is 6.07 Å². The Morgan fingerprint density at radius 3 is 2.48 bits per heavy atom. The molecule has 1 N–H and O–H groups in total. The number of pyridine rings is 1. The van der Waals surface area contributed by atoms with E-state index >= 15 is 0 Å². The molecule has 6 nitrogen and oxygen atoms in total. The van der Waals surface area contributed by atoms with E-state index < -0.39 is 0 Å². The van der Waals surface area contributed by atoms with Crippen molar-refractivity contribution in [2.24, 2.45) is 0 Å². The molecule has 1 amide bonds. The van der Waals surface area contributed by atoms with Crippen molar-refractivity contribution < 1.29 is 9.18 Å². The second-order valence-electron chi connectivity index (χ2n) is 5.84. The highest BCUT2D eigenvalue weighted by molar-refractivity contribution is 5.92. The number of nitrogens with zero attached hydrogens (tertiary/aromatic N) is 4. The molecule has 1 fully saturated rings. The van der Waals surface area contributed by atoms with E-state index in [2.05, 4.69) is 26.2 Å². The van der Waals surface area contributed by atoms with Crippen LogP contribution < -0.4 is 10.2 Å². The van der Waals surface area contributed by atoms with Crippen molar-refractivity contribution in [3.63, 3.8) is 0 Å². The smallest absolute Gasteiger partial charge is 0.238 e. The molecule has 0 unspecified atom stereocenters. The van der Waals surface area contributed by atoms with Crippen LogP contribution in [0.25, 0.3) is 0 Å². The summed E-state index contributed by atoms with van der Waals surface area (Å²) < 4.78 is 12.9. The summed E-state index contributed by atoms with van der Waals surface area (Å²) in [5.41, 5.74) is 1.13. The van der Waals surface area contributed by atoms with Crippen LogP contribution >= 0.6 is 0 Å². The third-order valence-electron chi connectivity index (χ3n) is 4.07. The zero-order valence-electron chi connectivity index (χ0n) is 13.7. The van der Waals surface area contributed by atoms with E-state index in [4.69, 9.17) is 5.26 Å². The van der Waals surface area contributed by atoms with Crippen molar-refractivity contribution in [3.8, 4) is 6.07 Å². The molecule has 2 heterocycles. The lowest BCUT2D eigenvalue weighted by Crippen LogP contribution is -2.48. The highest BCUT2D eigenvalue weighted by atomic mass is 19.1. The summed E-state index contributed by atoms with van der Waals surface area (Å²) in [6.07, 6.45) is 1.57. The molecular weight excluding hydrogens is 321 g/mol. The SMILES string of the molecule is N#Cc1ccc(N2CCN(CC(=O)Nc3ccc(F)cc3)CC2)nc1. The highest BCUT2D eigenvalue weighted by Crippen LogP contribution is 2.14. The van der Waals surface area contributed by atoms with E-state index in [0.29, 0.717) is 17.8 Å². The molecular formula is C18H18FN5O. The van der Waals surface area contributed by atoms with E-state index in [1.54, 1.807) is 24.4 Å². The minimum absolute atomic E-state index is 0.114. The molecule has 0 radical (unpaired) electrons. The van der Waals surface area contributed by atoms with Gasteiger partial charge >= 0.3 is 0 Å². The zero-order valence-corrected chi connectivity index (χ0v) is 13.7. The molecule has 0 saturated carbocycles. The predicted molar refractivity (Wildman–Crippen MR) is 92.6 cm³/mol. The number of nitrogens with one attached hydrogen (secondary N) is 1. The molecule has 1 aromatic heterocycles. The molecule has 1 saturated heterocycles. The van der Waals surface area contributed by atoms with Gasteiger partial charge in [0.1, 0.15) is 17.7 Å². The van der Waals surface area contributed by atoms with Gasteiger partial charge in [0, 0.05) is 38.1 Å². The normalized spacial score (nSPS) is 14.8. The third-order valence-corrected chi connectivity index (χ3v) is 4.07. The lowest BCUT2D eigenvalue weighted by Gasteiger charge is -2.35. The van der Waals surface area contributed by atoms with Crippen molar-refractivity contribution in [2.45, 2.75) is 0 Å². The molecule has 2 aromatic rings. The first-order valence-electron chi connectivity index (χ1n) is 8.03. The Kier molecular flexibility index (Phi) is 5.21. The molecule has 1 aromatic carbocycles. The van der Waals surface area contributed by atoms with Crippen LogP contribution in [0.5, 0.6) is 0 Å². The summed E-state index contributed by atoms with van der Waals surface area (Å²) in [6.45, 7) is 3.33. The van der Waals surface area contributed by atoms with Gasteiger partial charge in [-0.05, 0) is 36.4 Å². The van der Waals surface area contributed by atoms with Crippen LogP contribution in [0.1, 0.15) is 5.56 Å². The number of hydrogen-bond acceptors (Lipinski definition) is 5. The fourth-order valence-electron chi connectivity index (χ4n) is 2.71. The van der Waals surface area contributed by atoms with Crippen LogP contribution in [0.15, 0.2) is 42.6 Å². The Morgan fingerprint density at radius 2 is 1.88 bits per heavy atom. The summed E-state index contributed by atoms with van der Waals surface area (Å²) in [7, 11) is 0. The number of piperazine rings is 1. The maximum absolute atomic E-state index is 12.9. The Bertz CT molecular complexity index is 762. The van der Waals surface area contributed by atoms with E-state index in [1.165, 1.54) is 12.1 Å². The monoisotopic (exact) mass is 339 g/mol. The van der Waals surface area contributed by atoms with Gasteiger partial charge < -0.3 is 10.2 Å². The molecule has 25 heavy (non-hydrogen) atoms. The van der Waals surface area contributed by atoms with Gasteiger partial charge in [0.2, 0.25) is 5.91 Å². The number of anilines is 2. The van der Waals surface area contributed by atoms with Gasteiger partial charge in [-0.25, -0.2) is 9.37 Å². The number of benzene rings is 1. The van der Waals surface area contributed by atoms with Gasteiger partial charge in [0.05, 0.1) is 12.1 Å². The molecule has 0 atom stereocenters. The number of halogens is 1. The molecule has 0 aliphatic carbocycles. The molecule has 7 heteroatoms. The number of rotatable bonds is 4. The van der Waals surface area contributed by atoms with E-state index in [0.717, 1.165) is 32.0 Å². The Balaban J connectivity index is 1.47. The van der Waals surface area contributed by atoms with Crippen LogP contribution in [0.2, 0.25) is 0 Å². The van der Waals surface area contributed by atoms with Crippen molar-refractivity contribution in [2.75, 3.05) is 42.9 Å². The van der Waals surface area contributed by atoms with E-state index in [-0.39, 0.29) is 11.7 Å². The standard InChI is InChI=1S/C18H18FN5O/c19-15-2-4-16(5-3-15)22-18(25)13-23-7-9-24(10-8-23)17-6-1-14(11-20)12-21-17/h1-6,12H,7-10,13H2,(H,22,25). The largest absolute Gasteiger partial charge is 0.354 e. The first-order valence-corrected chi connectivity index (χ1v) is 8.03. The summed E-state index contributed by atoms with van der Waals surface area (Å²) >= 11 is 0. The van der Waals surface area contributed by atoms with Gasteiger partial charge in [-0.15, -0.1) is 0 Å². The second-order valence-corrected chi connectivity index (χ2v) is 5.84. The van der Waals surface area contributed by atoms with Crippen molar-refractivity contribution in [3.05, 3.63) is 54.0 Å². The van der Waals surface area contributed by atoms with Gasteiger partial charge in [-0.3, -0.25) is 9.69 Å². The van der Waals surface area contributed by atoms with Crippen LogP contribution in [-0.4, -0.2) is 48.5 Å². The second kappa shape index (κ2) is 7.73. The highest BCUT2D eigenvalue weighted by Gasteiger charge is 2.19. The lowest BCUT2D eigenvalue weighted by atomic mass is 10.2. The van der Waals surface area contributed by atoms with Gasteiger partial charge in [-0.2, -0.15) is 5.26 Å². The molecule has 128 valence electrons. The average Bonchev–Trinajstić information content (AvgIpc) is 2.64. The number of nitriles is 1. The van der Waals surface area contributed by atoms with Crippen LogP contribution in [0.4, 0.5) is 15.9 Å². The van der Waals surface area contributed by atoms with Gasteiger partial charge in [0.25, 0.3) is 0 Å². The van der Waals surface area contributed by atoms with Gasteiger partial charge in [-0.1, -0.05) is 0 Å². The van der Waals surface area contributed by atoms with Crippen LogP contribution in [0, 0.1) is 17.1 Å². The molecule has 1 aliphatic rings. The first-order chi connectivity index (χ1) is 12.1. The zero-order chi connectivity index (χ0) is 17.6. The number of carbonyl (C=O) groups excluding carboxylic acids is 1. The summed E-state index contributed by atoms with van der Waals surface area (Å²) in [5, 5.41) is 11.6. The Morgan fingerprint density at radius 1 is 1.16 bits per heavy atom. The summed E-state index contributed by atoms with van der Waals surface area (Å²) in [6, 6.07) is 11.4. The number of amides is 1. The lowest BCUT2D eigenvalue weighted by molar-refractivity contribution is -0.117. The average molecular weight is 339 g/mol. The minimum Gasteiger partial charge on any atom is -0.354 e. The summed E-state index contributed by atoms with van der Waals surface area (Å²) in [5.74, 6) is 0.400. The maximum Gasteiger partial charge on any atom is 0.238 e. The number of hydrogen-bond donors (Lipinski definition) is 1. The maximum atomic E-state index is 12.9. The van der Waals surface area contributed by atoms with Crippen LogP contribution in [-0.2, 0) is 4.79 Å². The van der Waals surface area contributed by atoms with Crippen molar-refractivity contribution in [1.29, 1.82) is 5.26 Å². The Labute approximate surface area is 145 Å². The van der Waals surface area contributed by atoms with E-state index in [9.17, 15) is 9.18 Å². The first kappa shape index (κ1) is 16.9. The molecule has 3 rings (SSSR count). The fourth-order valence-corrected chi connectivity index (χ4v) is 2.71. The number of aromatic nitrogens is 1. The Hall–Kier alpha value is -2.98. The van der Waals surface area contributed by atoms with Gasteiger partial charge in [0.15, 0.2) is 0 Å². The number of carbonyl (C=O) groups is 1. The van der Waals surface area contributed by atoms with Crippen molar-refractivity contribution in [1.82, 2.24) is 9.88 Å². The summed E-state index contributed by atoms with van der Waals surface area (Å²) in [4.78, 5) is 20.6. The van der Waals surface area contributed by atoms with Crippen LogP contribution in [0.3, 0.4) is 0 Å². The minimum atomic E-state index is -0.328.